The molecule has 3 unspecified atom stereocenters. The number of hydrogen-bond acceptors (Lipinski definition) is 3. The van der Waals surface area contributed by atoms with Gasteiger partial charge in [0.2, 0.25) is 0 Å². The fraction of sp³-hybridized carbons (Fsp3) is 0.583. The predicted molar refractivity (Wildman–Crippen MR) is 119 cm³/mol. The Labute approximate surface area is 181 Å². The van der Waals surface area contributed by atoms with Crippen LogP contribution in [-0.4, -0.2) is 31.7 Å². The third-order valence-corrected chi connectivity index (χ3v) is 9.24. The number of amides is 1. The first-order valence-electron chi connectivity index (χ1n) is 11.1. The first kappa shape index (κ1) is 20.0. The minimum atomic E-state index is -0.924. The Morgan fingerprint density at radius 1 is 1.27 bits per heavy atom. The van der Waals surface area contributed by atoms with Gasteiger partial charge in [0.1, 0.15) is 0 Å². The minimum absolute atomic E-state index is 0.0937. The van der Waals surface area contributed by atoms with Crippen LogP contribution in [0.2, 0.25) is 0 Å². The number of aromatic nitrogens is 2. The Morgan fingerprint density at radius 2 is 2.03 bits per heavy atom. The quantitative estimate of drug-likeness (QED) is 0.813. The van der Waals surface area contributed by atoms with Crippen LogP contribution in [0.3, 0.4) is 0 Å². The fourth-order valence-electron chi connectivity index (χ4n) is 6.34. The van der Waals surface area contributed by atoms with E-state index in [1.807, 2.05) is 22.9 Å². The van der Waals surface area contributed by atoms with E-state index in [1.54, 1.807) is 0 Å². The van der Waals surface area contributed by atoms with Crippen LogP contribution in [0.15, 0.2) is 30.3 Å². The van der Waals surface area contributed by atoms with Gasteiger partial charge in [-0.2, -0.15) is 5.10 Å². The highest BCUT2D eigenvalue weighted by molar-refractivity contribution is 7.84. The summed E-state index contributed by atoms with van der Waals surface area (Å²) in [7, 11) is -0.924. The number of nitrogens with zero attached hydrogens (tertiary/aromatic N) is 2. The molecule has 0 saturated heterocycles. The van der Waals surface area contributed by atoms with E-state index in [2.05, 4.69) is 38.2 Å². The maximum Gasteiger partial charge on any atom is 0.272 e. The van der Waals surface area contributed by atoms with Gasteiger partial charge in [0.05, 0.1) is 12.3 Å². The number of nitrogens with one attached hydrogen (secondary N) is 1. The minimum Gasteiger partial charge on any atom is -0.347 e. The smallest absolute Gasteiger partial charge is 0.272 e. The van der Waals surface area contributed by atoms with Crippen LogP contribution in [0.5, 0.6) is 0 Å². The number of benzene rings is 1. The molecule has 4 atom stereocenters. The van der Waals surface area contributed by atoms with Crippen molar-refractivity contribution in [1.82, 2.24) is 15.1 Å². The highest BCUT2D eigenvalue weighted by Crippen LogP contribution is 2.62. The van der Waals surface area contributed by atoms with Gasteiger partial charge in [-0.05, 0) is 41.6 Å². The summed E-state index contributed by atoms with van der Waals surface area (Å²) in [5.74, 6) is 1.65. The van der Waals surface area contributed by atoms with Crippen molar-refractivity contribution >= 4 is 16.7 Å². The summed E-state index contributed by atoms with van der Waals surface area (Å²) < 4.78 is 14.3. The van der Waals surface area contributed by atoms with Crippen LogP contribution in [0.1, 0.15) is 67.3 Å². The molecule has 1 amide bonds. The molecular weight excluding hydrogens is 394 g/mol. The lowest BCUT2D eigenvalue weighted by molar-refractivity contribution is 0.0732. The van der Waals surface area contributed by atoms with Crippen molar-refractivity contribution in [2.75, 3.05) is 5.75 Å². The monoisotopic (exact) mass is 425 g/mol. The highest BCUT2D eigenvalue weighted by Gasteiger charge is 2.59. The summed E-state index contributed by atoms with van der Waals surface area (Å²) >= 11 is 0. The van der Waals surface area contributed by atoms with Crippen LogP contribution in [0.25, 0.3) is 0 Å². The zero-order valence-corrected chi connectivity index (χ0v) is 18.9. The Kier molecular flexibility index (Phi) is 4.69. The lowest BCUT2D eigenvalue weighted by Gasteiger charge is -2.43. The van der Waals surface area contributed by atoms with Crippen LogP contribution in [-0.2, 0) is 29.5 Å². The first-order chi connectivity index (χ1) is 14.3. The first-order valence-corrected chi connectivity index (χ1v) is 12.5. The summed E-state index contributed by atoms with van der Waals surface area (Å²) in [4.78, 5) is 13.5. The lowest BCUT2D eigenvalue weighted by atomic mass is 9.68. The molecule has 1 aromatic heterocycles. The van der Waals surface area contributed by atoms with E-state index in [4.69, 9.17) is 5.10 Å². The molecule has 30 heavy (non-hydrogen) atoms. The standard InChI is InChI=1S/C24H31N3O2S/c1-23(2)17-9-11-24(3,13-17)22(23)25-21(28)20-18-15-30(29)12-10-19(18)27(26-20)14-16-7-5-4-6-8-16/h4-8,17,22H,9-15H2,1-3H3,(H,25,28)/t17?,22?,24-,30?/m1/s1. The number of hydrogen-bond donors (Lipinski definition) is 1. The zero-order valence-electron chi connectivity index (χ0n) is 18.1. The van der Waals surface area contributed by atoms with Crippen molar-refractivity contribution in [1.29, 1.82) is 0 Å². The Bertz CT molecular complexity index is 1010. The van der Waals surface area contributed by atoms with E-state index in [9.17, 15) is 9.00 Å². The molecule has 2 fully saturated rings. The number of rotatable bonds is 4. The molecule has 2 saturated carbocycles. The van der Waals surface area contributed by atoms with E-state index in [1.165, 1.54) is 19.3 Å². The van der Waals surface area contributed by atoms with Gasteiger partial charge in [0.25, 0.3) is 5.91 Å². The zero-order chi connectivity index (χ0) is 21.1. The predicted octanol–water partition coefficient (Wildman–Crippen LogP) is 3.68. The summed E-state index contributed by atoms with van der Waals surface area (Å²) in [6, 6.07) is 10.3. The maximum absolute atomic E-state index is 13.5. The fourth-order valence-corrected chi connectivity index (χ4v) is 7.53. The molecule has 2 aromatic rings. The van der Waals surface area contributed by atoms with Crippen LogP contribution < -0.4 is 5.32 Å². The summed E-state index contributed by atoms with van der Waals surface area (Å²) in [6.07, 6.45) is 4.34. The van der Waals surface area contributed by atoms with Gasteiger partial charge < -0.3 is 5.32 Å². The van der Waals surface area contributed by atoms with Crippen LogP contribution in [0.4, 0.5) is 0 Å². The molecule has 6 heteroatoms. The molecule has 0 radical (unpaired) electrons. The van der Waals surface area contributed by atoms with Gasteiger partial charge in [-0.1, -0.05) is 51.1 Å². The molecule has 2 bridgehead atoms. The molecule has 0 spiro atoms. The van der Waals surface area contributed by atoms with Crippen molar-refractivity contribution in [2.24, 2.45) is 16.7 Å². The van der Waals surface area contributed by atoms with Gasteiger partial charge in [0, 0.05) is 40.3 Å². The van der Waals surface area contributed by atoms with Crippen LogP contribution >= 0.6 is 0 Å². The van der Waals surface area contributed by atoms with Crippen molar-refractivity contribution in [2.45, 2.75) is 64.8 Å². The topological polar surface area (TPSA) is 64.0 Å². The third-order valence-electron chi connectivity index (χ3n) is 7.97. The average Bonchev–Trinajstić information content (AvgIpc) is 3.33. The number of carbonyl (C=O) groups excluding carboxylic acids is 1. The number of carbonyl (C=O) groups is 1. The summed E-state index contributed by atoms with van der Waals surface area (Å²) in [6.45, 7) is 7.56. The van der Waals surface area contributed by atoms with Crippen LogP contribution in [0, 0.1) is 16.7 Å². The molecule has 2 aliphatic carbocycles. The number of fused-ring (bicyclic) bond motifs is 3. The Balaban J connectivity index is 1.46. The Morgan fingerprint density at radius 3 is 2.73 bits per heavy atom. The average molecular weight is 426 g/mol. The van der Waals surface area contributed by atoms with Gasteiger partial charge in [0.15, 0.2) is 5.69 Å². The molecule has 1 aromatic carbocycles. The van der Waals surface area contributed by atoms with Crippen molar-refractivity contribution < 1.29 is 9.00 Å². The van der Waals surface area contributed by atoms with Crippen molar-refractivity contribution in [3.63, 3.8) is 0 Å². The summed E-state index contributed by atoms with van der Waals surface area (Å²) in [5, 5.41) is 8.15. The molecule has 1 N–H and O–H groups in total. The highest BCUT2D eigenvalue weighted by atomic mass is 32.2. The molecule has 3 aliphatic rings. The van der Waals surface area contributed by atoms with E-state index in [0.717, 1.165) is 16.8 Å². The second-order valence-corrected chi connectivity index (χ2v) is 11.9. The van der Waals surface area contributed by atoms with Gasteiger partial charge >= 0.3 is 0 Å². The van der Waals surface area contributed by atoms with E-state index in [-0.39, 0.29) is 22.8 Å². The van der Waals surface area contributed by atoms with Crippen molar-refractivity contribution in [3.8, 4) is 0 Å². The van der Waals surface area contributed by atoms with Gasteiger partial charge in [-0.3, -0.25) is 13.7 Å². The third kappa shape index (κ3) is 3.15. The SMILES string of the molecule is CC1(C)C2CC[C@](C)(C2)C1NC(=O)c1nn(Cc2ccccc2)c2c1CS(=O)CC2. The Hall–Kier alpha value is -1.95. The van der Waals surface area contributed by atoms with E-state index in [0.29, 0.717) is 36.1 Å². The lowest BCUT2D eigenvalue weighted by Crippen LogP contribution is -2.52. The molecule has 5 rings (SSSR count). The normalized spacial score (nSPS) is 31.5. The van der Waals surface area contributed by atoms with Crippen molar-refractivity contribution in [3.05, 3.63) is 52.8 Å². The van der Waals surface area contributed by atoms with Gasteiger partial charge in [-0.25, -0.2) is 0 Å². The largest absolute Gasteiger partial charge is 0.347 e. The maximum atomic E-state index is 13.5. The van der Waals surface area contributed by atoms with E-state index >= 15 is 0 Å². The molecular formula is C24H31N3O2S. The van der Waals surface area contributed by atoms with E-state index < -0.39 is 10.8 Å². The second kappa shape index (κ2) is 7.04. The molecule has 160 valence electrons. The summed E-state index contributed by atoms with van der Waals surface area (Å²) in [5.41, 5.74) is 3.86. The second-order valence-electron chi connectivity index (χ2n) is 10.3. The molecule has 2 heterocycles. The van der Waals surface area contributed by atoms with Gasteiger partial charge in [-0.15, -0.1) is 0 Å². The molecule has 1 aliphatic heterocycles. The molecule has 5 nitrogen and oxygen atoms in total.